The summed E-state index contributed by atoms with van der Waals surface area (Å²) in [4.78, 5) is 4.88. The minimum absolute atomic E-state index is 0.565. The summed E-state index contributed by atoms with van der Waals surface area (Å²) in [5.41, 5.74) is 26.0. The van der Waals surface area contributed by atoms with E-state index in [1.165, 1.54) is 103 Å². The fourth-order valence-corrected chi connectivity index (χ4v) is 13.1. The summed E-state index contributed by atoms with van der Waals surface area (Å²) in [6.07, 6.45) is 0. The highest BCUT2D eigenvalue weighted by molar-refractivity contribution is 7.25. The molecule has 320 valence electrons. The lowest BCUT2D eigenvalue weighted by molar-refractivity contribution is 0.793. The largest absolute Gasteiger partial charge is 0.310 e. The Morgan fingerprint density at radius 2 is 0.710 bits per heavy atom. The number of thiophene rings is 1. The van der Waals surface area contributed by atoms with E-state index in [1.54, 1.807) is 0 Å². The van der Waals surface area contributed by atoms with Gasteiger partial charge in [0, 0.05) is 54.3 Å². The third kappa shape index (κ3) is 6.18. The van der Waals surface area contributed by atoms with E-state index in [0.29, 0.717) is 0 Å². The van der Waals surface area contributed by atoms with Crippen LogP contribution in [0.5, 0.6) is 0 Å². The first kappa shape index (κ1) is 41.5. The van der Waals surface area contributed by atoms with Gasteiger partial charge in [0.1, 0.15) is 39.2 Å². The third-order valence-corrected chi connectivity index (χ3v) is 16.8. The van der Waals surface area contributed by atoms with Crippen LogP contribution in [-0.4, -0.2) is 39.2 Å². The zero-order chi connectivity index (χ0) is 46.5. The summed E-state index contributed by atoms with van der Waals surface area (Å²) >= 11 is 1.87. The first-order valence-electron chi connectivity index (χ1n) is 24.1. The van der Waals surface area contributed by atoms with Gasteiger partial charge >= 0.3 is 0 Å². The summed E-state index contributed by atoms with van der Waals surface area (Å²) in [7, 11) is 11.4. The van der Waals surface area contributed by atoms with Crippen molar-refractivity contribution in [3.63, 3.8) is 0 Å². The van der Waals surface area contributed by atoms with Crippen LogP contribution in [0.2, 0.25) is 0 Å². The minimum Gasteiger partial charge on any atom is -0.310 e. The highest BCUT2D eigenvalue weighted by atomic mass is 32.1. The lowest BCUT2D eigenvalue weighted by Gasteiger charge is -2.33. The van der Waals surface area contributed by atoms with Gasteiger partial charge < -0.3 is 9.80 Å². The molecule has 0 aliphatic heterocycles. The molecule has 0 saturated carbocycles. The Balaban J connectivity index is 1.04. The molecular weight excluding hydrogens is 847 g/mol. The maximum Gasteiger partial charge on any atom is 0.139 e. The van der Waals surface area contributed by atoms with E-state index in [9.17, 15) is 0 Å². The van der Waals surface area contributed by atoms with Gasteiger partial charge in [0.15, 0.2) is 0 Å². The van der Waals surface area contributed by atoms with E-state index in [0.717, 1.165) is 34.1 Å². The van der Waals surface area contributed by atoms with Gasteiger partial charge in [-0.2, -0.15) is 0 Å². The number of nitrogens with zero attached hydrogens (tertiary/aromatic N) is 2. The average Bonchev–Trinajstić information content (AvgIpc) is 4.02. The van der Waals surface area contributed by atoms with Crippen molar-refractivity contribution in [2.24, 2.45) is 0 Å². The summed E-state index contributed by atoms with van der Waals surface area (Å²) in [5.74, 6) is 0. The molecule has 69 heavy (non-hydrogen) atoms. The van der Waals surface area contributed by atoms with Gasteiger partial charge in [-0.15, -0.1) is 27.7 Å². The minimum atomic E-state index is -0.565. The Kier molecular flexibility index (Phi) is 9.61. The fraction of sp³-hybridized carbons (Fsp3) is 0.0164. The fourth-order valence-electron chi connectivity index (χ4n) is 12.0. The number of fused-ring (bicyclic) bond motifs is 13. The molecule has 8 heteroatoms. The Labute approximate surface area is 413 Å². The van der Waals surface area contributed by atoms with Gasteiger partial charge in [-0.1, -0.05) is 144 Å². The van der Waals surface area contributed by atoms with E-state index in [2.05, 4.69) is 261 Å². The standard InChI is InChI=1S/C61H45B5N2S/c62-56-55(57(63)59(65)60(66)58(56)64)36-23-25-39(26-24-36)68(42-29-32-48-47-19-9-12-22-53(47)69-54(48)35-42)41-28-31-46-44-18-8-11-21-50(44)61(52(46)34-41)49-20-10-7-17-43(49)45-30-27-40(33-51(45)61)67(37-13-3-1-4-14-37)38-15-5-2-6-16-38/h1-35H,62-66H2. The predicted octanol–water partition coefficient (Wildman–Crippen LogP) is 8.30. The second-order valence-corrected chi connectivity index (χ2v) is 20.1. The van der Waals surface area contributed by atoms with Crippen molar-refractivity contribution >= 4 is 132 Å². The normalized spacial score (nSPS) is 14.1. The zero-order valence-corrected chi connectivity index (χ0v) is 40.3. The van der Waals surface area contributed by atoms with Gasteiger partial charge in [0.25, 0.3) is 0 Å². The number of hydrogen-bond acceptors (Lipinski definition) is 3. The van der Waals surface area contributed by atoms with Crippen LogP contribution in [0.3, 0.4) is 0 Å². The Morgan fingerprint density at radius 1 is 0.304 bits per heavy atom. The SMILES string of the molecule is Bc1c(B)c(B)c(-c2ccc(N(c3ccc4c(c3)C3(c5ccccc5-c5ccc(N(c6ccccc6)c6ccccc6)cc53)c3ccccc3-4)c3ccc4c(c3)sc3ccccc34)cc2)c(B)c1B. The zero-order valence-electron chi connectivity index (χ0n) is 39.5. The molecule has 0 bridgehead atoms. The second kappa shape index (κ2) is 16.0. The lowest BCUT2D eigenvalue weighted by atomic mass is 9.60. The maximum atomic E-state index is 2.52. The van der Waals surface area contributed by atoms with Crippen molar-refractivity contribution < 1.29 is 0 Å². The third-order valence-electron chi connectivity index (χ3n) is 15.6. The summed E-state index contributed by atoms with van der Waals surface area (Å²) in [6.45, 7) is 0. The van der Waals surface area contributed by atoms with Crippen molar-refractivity contribution in [2.45, 2.75) is 5.41 Å². The van der Waals surface area contributed by atoms with Crippen LogP contribution in [0.4, 0.5) is 34.1 Å². The second-order valence-electron chi connectivity index (χ2n) is 19.0. The summed E-state index contributed by atoms with van der Waals surface area (Å²) in [5, 5.41) is 2.60. The van der Waals surface area contributed by atoms with Crippen molar-refractivity contribution in [2.75, 3.05) is 9.80 Å². The molecule has 0 radical (unpaired) electrons. The molecule has 0 saturated heterocycles. The van der Waals surface area contributed by atoms with Crippen LogP contribution in [0, 0.1) is 0 Å². The molecule has 13 rings (SSSR count). The van der Waals surface area contributed by atoms with Gasteiger partial charge in [-0.05, 0) is 134 Å². The molecule has 0 amide bonds. The number of benzene rings is 10. The van der Waals surface area contributed by atoms with Gasteiger partial charge in [-0.25, -0.2) is 0 Å². The summed E-state index contributed by atoms with van der Waals surface area (Å²) < 4.78 is 2.59. The van der Waals surface area contributed by atoms with Gasteiger partial charge in [-0.3, -0.25) is 0 Å². The average molecular weight is 892 g/mol. The van der Waals surface area contributed by atoms with Gasteiger partial charge in [0.05, 0.1) is 5.41 Å². The first-order chi connectivity index (χ1) is 33.8. The number of rotatable bonds is 7. The maximum absolute atomic E-state index is 2.52. The molecule has 1 atom stereocenters. The molecule has 10 aromatic carbocycles. The van der Waals surface area contributed by atoms with E-state index in [-0.39, 0.29) is 0 Å². The number of para-hydroxylation sites is 2. The number of anilines is 6. The van der Waals surface area contributed by atoms with Gasteiger partial charge in [0.2, 0.25) is 0 Å². The Hall–Kier alpha value is -7.66. The van der Waals surface area contributed by atoms with Crippen molar-refractivity contribution in [3.05, 3.63) is 235 Å². The summed E-state index contributed by atoms with van der Waals surface area (Å²) in [6, 6.07) is 79.4. The van der Waals surface area contributed by atoms with Crippen LogP contribution < -0.4 is 37.1 Å². The first-order valence-corrected chi connectivity index (χ1v) is 24.9. The van der Waals surface area contributed by atoms with Crippen LogP contribution in [0.15, 0.2) is 212 Å². The smallest absolute Gasteiger partial charge is 0.139 e. The molecule has 1 unspecified atom stereocenters. The molecule has 11 aromatic rings. The van der Waals surface area contributed by atoms with Crippen molar-refractivity contribution in [1.82, 2.24) is 0 Å². The predicted molar refractivity (Wildman–Crippen MR) is 311 cm³/mol. The van der Waals surface area contributed by atoms with E-state index in [4.69, 9.17) is 0 Å². The molecule has 2 nitrogen and oxygen atoms in total. The highest BCUT2D eigenvalue weighted by Crippen LogP contribution is 2.64. The Morgan fingerprint density at radius 3 is 1.29 bits per heavy atom. The molecule has 2 aliphatic rings. The van der Waals surface area contributed by atoms with Crippen LogP contribution in [0.25, 0.3) is 53.6 Å². The molecule has 1 aromatic heterocycles. The molecule has 2 aliphatic carbocycles. The van der Waals surface area contributed by atoms with Crippen LogP contribution >= 0.6 is 11.3 Å². The highest BCUT2D eigenvalue weighted by Gasteiger charge is 2.52. The van der Waals surface area contributed by atoms with Crippen molar-refractivity contribution in [3.8, 4) is 33.4 Å². The molecule has 1 spiro atoms. The van der Waals surface area contributed by atoms with Crippen LogP contribution in [0.1, 0.15) is 22.3 Å². The van der Waals surface area contributed by atoms with E-state index < -0.39 is 5.41 Å². The topological polar surface area (TPSA) is 6.48 Å². The molecule has 0 N–H and O–H groups in total. The lowest BCUT2D eigenvalue weighted by Crippen LogP contribution is -2.55. The molecular formula is C61H45B5N2S. The molecule has 0 fully saturated rings. The van der Waals surface area contributed by atoms with E-state index >= 15 is 0 Å². The van der Waals surface area contributed by atoms with Crippen molar-refractivity contribution in [1.29, 1.82) is 0 Å². The van der Waals surface area contributed by atoms with E-state index in [1.807, 2.05) is 11.3 Å². The number of hydrogen-bond donors (Lipinski definition) is 0. The molecule has 1 heterocycles. The van der Waals surface area contributed by atoms with Crippen LogP contribution in [-0.2, 0) is 5.41 Å². The monoisotopic (exact) mass is 892 g/mol. The quantitative estimate of drug-likeness (QED) is 0.149. The Bertz CT molecular complexity index is 3790.